The van der Waals surface area contributed by atoms with E-state index in [2.05, 4.69) is 21.7 Å². The van der Waals surface area contributed by atoms with Gasteiger partial charge in [0.15, 0.2) is 0 Å². The quantitative estimate of drug-likeness (QED) is 0.0912. The molecule has 0 aliphatic heterocycles. The van der Waals surface area contributed by atoms with Gasteiger partial charge >= 0.3 is 34.6 Å². The Hall–Kier alpha value is 0.359. The van der Waals surface area contributed by atoms with Crippen molar-refractivity contribution in [3.63, 3.8) is 0 Å². The normalized spacial score (nSPS) is 11.4. The Kier molecular flexibility index (Phi) is 28.7. The summed E-state index contributed by atoms with van der Waals surface area (Å²) in [6.45, 7) is 2.27. The standard InChI is InChI=1S/C22H42O2S.3CH3.Sn/c1-2-3-4-5-6-7-8-9-10-11-12-13-14-15-16-17-18-21(19-20-25)22(23)24;;;;/h20-21H,2-19H2,1H3,(H,23,24);3*1H3;/q;;;;+1/p-1. The number of carboxylic acid groups (broad SMARTS) is 1. The van der Waals surface area contributed by atoms with Crippen LogP contribution in [0, 0.1) is 5.92 Å². The number of unbranched alkanes of at least 4 members (excludes halogenated alkanes) is 15. The van der Waals surface area contributed by atoms with Crippen LogP contribution in [0.1, 0.15) is 122 Å². The molecule has 0 bridgehead atoms. The molecule has 0 N–H and O–H groups in total. The molecule has 0 aromatic carbocycles. The zero-order valence-electron chi connectivity index (χ0n) is 20.1. The first-order valence-electron chi connectivity index (χ1n) is 12.4. The summed E-state index contributed by atoms with van der Waals surface area (Å²) < 4.78 is 0. The van der Waals surface area contributed by atoms with Crippen LogP contribution in [0.15, 0.2) is 0 Å². The molecule has 0 aromatic rings. The van der Waals surface area contributed by atoms with Gasteiger partial charge in [0.25, 0.3) is 0 Å². The number of thiocarbonyl (C=S) groups is 1. The van der Waals surface area contributed by atoms with E-state index in [1.165, 1.54) is 95.3 Å². The van der Waals surface area contributed by atoms with Gasteiger partial charge in [-0.15, -0.1) is 0 Å². The van der Waals surface area contributed by atoms with E-state index in [9.17, 15) is 9.90 Å². The molecule has 0 aliphatic rings. The first-order valence-corrected chi connectivity index (χ1v) is 21.4. The number of aliphatic carboxylic acids is 1. The number of carbonyl (C=O) groups excluding carboxylic acids is 1. The van der Waals surface area contributed by atoms with Crippen LogP contribution in [0.25, 0.3) is 0 Å². The minimum atomic E-state index is -0.943. The molecule has 29 heavy (non-hydrogen) atoms. The van der Waals surface area contributed by atoms with Crippen LogP contribution in [-0.4, -0.2) is 31.1 Å². The number of hydrogen-bond acceptors (Lipinski definition) is 3. The molecule has 0 saturated heterocycles. The number of rotatable bonds is 20. The molecule has 1 unspecified atom stereocenters. The fourth-order valence-corrected chi connectivity index (χ4v) is 3.62. The maximum atomic E-state index is 10.9. The van der Waals surface area contributed by atoms with Gasteiger partial charge in [0.1, 0.15) is 0 Å². The molecule has 2 nitrogen and oxygen atoms in total. The Labute approximate surface area is 195 Å². The van der Waals surface area contributed by atoms with Crippen LogP contribution >= 0.6 is 12.2 Å². The van der Waals surface area contributed by atoms with E-state index in [1.807, 2.05) is 0 Å². The molecular formula is C25H50O2SSn. The van der Waals surface area contributed by atoms with Gasteiger partial charge < -0.3 is 9.90 Å². The van der Waals surface area contributed by atoms with Crippen molar-refractivity contribution in [2.24, 2.45) is 5.92 Å². The summed E-state index contributed by atoms with van der Waals surface area (Å²) in [4.78, 5) is 18.0. The van der Waals surface area contributed by atoms with Gasteiger partial charge in [-0.05, 0) is 18.2 Å². The van der Waals surface area contributed by atoms with Gasteiger partial charge in [0, 0.05) is 11.9 Å². The summed E-state index contributed by atoms with van der Waals surface area (Å²) in [6, 6.07) is 0. The monoisotopic (exact) mass is 534 g/mol. The fraction of sp³-hybridized carbons (Fsp3) is 0.920. The zero-order valence-corrected chi connectivity index (χ0v) is 23.8. The van der Waals surface area contributed by atoms with Crippen LogP contribution in [0.4, 0.5) is 0 Å². The molecule has 0 saturated carbocycles. The van der Waals surface area contributed by atoms with Crippen LogP contribution in [0.5, 0.6) is 0 Å². The second kappa shape index (κ2) is 26.4. The zero-order chi connectivity index (χ0) is 22.2. The van der Waals surface area contributed by atoms with Crippen molar-refractivity contribution in [3.8, 4) is 0 Å². The summed E-state index contributed by atoms with van der Waals surface area (Å²) in [6.07, 6.45) is 22.6. The number of carboxylic acids is 1. The van der Waals surface area contributed by atoms with E-state index in [0.717, 1.165) is 12.8 Å². The Morgan fingerprint density at radius 1 is 0.759 bits per heavy atom. The second-order valence-corrected chi connectivity index (χ2v) is 17.9. The van der Waals surface area contributed by atoms with Crippen LogP contribution < -0.4 is 5.11 Å². The molecule has 172 valence electrons. The van der Waals surface area contributed by atoms with Crippen molar-refractivity contribution in [2.75, 3.05) is 0 Å². The van der Waals surface area contributed by atoms with Crippen molar-refractivity contribution >= 4 is 43.3 Å². The molecular weight excluding hydrogens is 483 g/mol. The third-order valence-electron chi connectivity index (χ3n) is 5.12. The van der Waals surface area contributed by atoms with E-state index in [4.69, 9.17) is 12.2 Å². The van der Waals surface area contributed by atoms with Gasteiger partial charge in [-0.2, -0.15) is 0 Å². The summed E-state index contributed by atoms with van der Waals surface area (Å²) in [5.74, 6) is -1.31. The predicted octanol–water partition coefficient (Wildman–Crippen LogP) is 7.76. The Bertz CT molecular complexity index is 345. The number of hydrogen-bond donors (Lipinski definition) is 0. The van der Waals surface area contributed by atoms with Crippen LogP contribution in [0.2, 0.25) is 14.8 Å². The molecule has 0 rings (SSSR count). The van der Waals surface area contributed by atoms with E-state index >= 15 is 0 Å². The van der Waals surface area contributed by atoms with Crippen LogP contribution in [-0.2, 0) is 4.79 Å². The first-order chi connectivity index (χ1) is 14.0. The van der Waals surface area contributed by atoms with Crippen molar-refractivity contribution in [3.05, 3.63) is 0 Å². The fourth-order valence-electron chi connectivity index (χ4n) is 3.39. The van der Waals surface area contributed by atoms with E-state index in [1.54, 1.807) is 0 Å². The van der Waals surface area contributed by atoms with Gasteiger partial charge in [-0.25, -0.2) is 0 Å². The van der Waals surface area contributed by atoms with Crippen molar-refractivity contribution in [1.82, 2.24) is 0 Å². The third kappa shape index (κ3) is 30.6. The molecule has 1 atom stereocenters. The van der Waals surface area contributed by atoms with E-state index in [-0.39, 0.29) is 5.92 Å². The average molecular weight is 533 g/mol. The molecule has 0 heterocycles. The molecule has 0 aromatic heterocycles. The third-order valence-corrected chi connectivity index (χ3v) is 5.31. The molecule has 0 amide bonds. The van der Waals surface area contributed by atoms with Gasteiger partial charge in [0.2, 0.25) is 0 Å². The SMILES string of the molecule is CCCCCCCCCCCCCCCCCCC(CC=S)C(=O)[O-].[CH3][Sn+]([CH3])[CH3]. The van der Waals surface area contributed by atoms with Crippen molar-refractivity contribution in [2.45, 2.75) is 137 Å². The molecule has 0 radical (unpaired) electrons. The minimum absolute atomic E-state index is 0.371. The van der Waals surface area contributed by atoms with Gasteiger partial charge in [0.05, 0.1) is 0 Å². The first kappa shape index (κ1) is 31.5. The Morgan fingerprint density at radius 2 is 1.07 bits per heavy atom. The van der Waals surface area contributed by atoms with Crippen molar-refractivity contribution in [1.29, 1.82) is 0 Å². The Balaban J connectivity index is 0. The van der Waals surface area contributed by atoms with Gasteiger partial charge in [-0.1, -0.05) is 122 Å². The van der Waals surface area contributed by atoms with Gasteiger partial charge in [-0.3, -0.25) is 0 Å². The number of carbonyl (C=O) groups is 1. The topological polar surface area (TPSA) is 40.1 Å². The summed E-state index contributed by atoms with van der Waals surface area (Å²) in [5.41, 5.74) is 0. The van der Waals surface area contributed by atoms with E-state index in [0.29, 0.717) is 12.8 Å². The molecule has 0 aliphatic carbocycles. The summed E-state index contributed by atoms with van der Waals surface area (Å²) >= 11 is 4.20. The summed E-state index contributed by atoms with van der Waals surface area (Å²) in [5, 5.41) is 12.4. The molecule has 0 fully saturated rings. The van der Waals surface area contributed by atoms with Crippen molar-refractivity contribution < 1.29 is 9.90 Å². The van der Waals surface area contributed by atoms with Crippen LogP contribution in [0.3, 0.4) is 0 Å². The maximum absolute atomic E-state index is 10.9. The van der Waals surface area contributed by atoms with E-state index < -0.39 is 25.7 Å². The predicted molar refractivity (Wildman–Crippen MR) is 134 cm³/mol. The molecule has 0 spiro atoms. The Morgan fingerprint density at radius 3 is 1.34 bits per heavy atom. The summed E-state index contributed by atoms with van der Waals surface area (Å²) in [7, 11) is 0. The second-order valence-electron chi connectivity index (χ2n) is 9.01. The molecule has 4 heteroatoms. The average Bonchev–Trinajstić information content (AvgIpc) is 2.66.